The molecule has 0 atom stereocenters. The summed E-state index contributed by atoms with van der Waals surface area (Å²) < 4.78 is 3.79. The van der Waals surface area contributed by atoms with E-state index >= 15 is 0 Å². The second-order valence-corrected chi connectivity index (χ2v) is 7.86. The Bertz CT molecular complexity index is 991. The second-order valence-electron chi connectivity index (χ2n) is 6.91. The third kappa shape index (κ3) is 4.44. The van der Waals surface area contributed by atoms with Crippen molar-refractivity contribution in [2.75, 3.05) is 12.3 Å². The van der Waals surface area contributed by atoms with E-state index in [-0.39, 0.29) is 5.91 Å². The first-order valence-corrected chi connectivity index (χ1v) is 10.2. The molecule has 3 aromatic rings. The fourth-order valence-electron chi connectivity index (χ4n) is 3.06. The van der Waals surface area contributed by atoms with Crippen LogP contribution in [-0.4, -0.2) is 42.7 Å². The quantitative estimate of drug-likeness (QED) is 0.619. The number of thioether (sulfide) groups is 1. The Hall–Kier alpha value is -2.61. The number of amides is 1. The maximum Gasteiger partial charge on any atom is 0.230 e. The Kier molecular flexibility index (Phi) is 6.18. The van der Waals surface area contributed by atoms with Crippen molar-refractivity contribution in [3.63, 3.8) is 0 Å². The Morgan fingerprint density at radius 3 is 2.64 bits per heavy atom. The standard InChI is InChI=1S/C20H26N6OS/c1-13-6-7-17(10-14(13)2)26-12-22-23-20(26)28-11-19(27)21-9-8-18-15(3)24-25(5)16(18)4/h6-7,10,12H,8-9,11H2,1-5H3,(H,21,27). The molecule has 0 radical (unpaired) electrons. The van der Waals surface area contributed by atoms with Gasteiger partial charge in [-0.3, -0.25) is 14.0 Å². The molecule has 2 aromatic heterocycles. The van der Waals surface area contributed by atoms with Gasteiger partial charge in [0.05, 0.1) is 11.4 Å². The molecule has 0 saturated carbocycles. The van der Waals surface area contributed by atoms with E-state index in [0.29, 0.717) is 17.5 Å². The summed E-state index contributed by atoms with van der Waals surface area (Å²) in [5, 5.41) is 16.3. The molecule has 1 amide bonds. The summed E-state index contributed by atoms with van der Waals surface area (Å²) >= 11 is 1.38. The molecule has 8 heteroatoms. The van der Waals surface area contributed by atoms with E-state index < -0.39 is 0 Å². The maximum atomic E-state index is 12.2. The van der Waals surface area contributed by atoms with Crippen LogP contribution in [0.2, 0.25) is 0 Å². The molecule has 148 valence electrons. The summed E-state index contributed by atoms with van der Waals surface area (Å²) in [7, 11) is 1.94. The van der Waals surface area contributed by atoms with Gasteiger partial charge in [0.2, 0.25) is 5.91 Å². The van der Waals surface area contributed by atoms with E-state index in [1.807, 2.05) is 36.2 Å². The zero-order valence-corrected chi connectivity index (χ0v) is 17.8. The van der Waals surface area contributed by atoms with Gasteiger partial charge in [-0.2, -0.15) is 5.10 Å². The number of carbonyl (C=O) groups excluding carboxylic acids is 1. The van der Waals surface area contributed by atoms with Gasteiger partial charge in [0, 0.05) is 25.0 Å². The lowest BCUT2D eigenvalue weighted by molar-refractivity contribution is -0.118. The molecule has 0 aliphatic rings. The number of benzene rings is 1. The number of aromatic nitrogens is 5. The van der Waals surface area contributed by atoms with Crippen molar-refractivity contribution in [1.29, 1.82) is 0 Å². The van der Waals surface area contributed by atoms with Gasteiger partial charge < -0.3 is 5.32 Å². The van der Waals surface area contributed by atoms with Gasteiger partial charge >= 0.3 is 0 Å². The van der Waals surface area contributed by atoms with Gasteiger partial charge in [-0.1, -0.05) is 17.8 Å². The summed E-state index contributed by atoms with van der Waals surface area (Å²) in [6.45, 7) is 8.80. The predicted octanol–water partition coefficient (Wildman–Crippen LogP) is 2.69. The fraction of sp³-hybridized carbons (Fsp3) is 0.400. The first-order valence-electron chi connectivity index (χ1n) is 9.23. The van der Waals surface area contributed by atoms with Crippen LogP contribution in [0.3, 0.4) is 0 Å². The molecule has 0 aliphatic heterocycles. The summed E-state index contributed by atoms with van der Waals surface area (Å²) in [6.07, 6.45) is 2.46. The van der Waals surface area contributed by atoms with Crippen LogP contribution >= 0.6 is 11.8 Å². The summed E-state index contributed by atoms with van der Waals surface area (Å²) in [4.78, 5) is 12.2. The molecule has 0 saturated heterocycles. The van der Waals surface area contributed by atoms with E-state index in [2.05, 4.69) is 46.6 Å². The maximum absolute atomic E-state index is 12.2. The number of carbonyl (C=O) groups is 1. The molecule has 1 N–H and O–H groups in total. The minimum Gasteiger partial charge on any atom is -0.355 e. The Labute approximate surface area is 169 Å². The normalized spacial score (nSPS) is 11.0. The number of rotatable bonds is 7. The van der Waals surface area contributed by atoms with E-state index in [0.717, 1.165) is 23.5 Å². The van der Waals surface area contributed by atoms with Crippen molar-refractivity contribution in [2.45, 2.75) is 39.3 Å². The van der Waals surface area contributed by atoms with Crippen molar-refractivity contribution in [2.24, 2.45) is 7.05 Å². The van der Waals surface area contributed by atoms with E-state index in [1.54, 1.807) is 6.33 Å². The van der Waals surface area contributed by atoms with Crippen LogP contribution in [0.5, 0.6) is 0 Å². The largest absolute Gasteiger partial charge is 0.355 e. The smallest absolute Gasteiger partial charge is 0.230 e. The van der Waals surface area contributed by atoms with Crippen molar-refractivity contribution >= 4 is 17.7 Å². The average molecular weight is 399 g/mol. The highest BCUT2D eigenvalue weighted by Crippen LogP contribution is 2.21. The highest BCUT2D eigenvalue weighted by atomic mass is 32.2. The second kappa shape index (κ2) is 8.60. The average Bonchev–Trinajstić information content (AvgIpc) is 3.22. The van der Waals surface area contributed by atoms with Gasteiger partial charge in [0.15, 0.2) is 5.16 Å². The molecule has 0 fully saturated rings. The van der Waals surface area contributed by atoms with Crippen LogP contribution in [0.25, 0.3) is 5.69 Å². The Balaban J connectivity index is 1.54. The van der Waals surface area contributed by atoms with E-state index in [9.17, 15) is 4.79 Å². The zero-order valence-electron chi connectivity index (χ0n) is 17.0. The van der Waals surface area contributed by atoms with Crippen LogP contribution in [0, 0.1) is 27.7 Å². The van der Waals surface area contributed by atoms with Crippen LogP contribution in [0.1, 0.15) is 28.1 Å². The van der Waals surface area contributed by atoms with E-state index in [1.165, 1.54) is 28.5 Å². The van der Waals surface area contributed by atoms with Crippen molar-refractivity contribution < 1.29 is 4.79 Å². The molecule has 0 bridgehead atoms. The van der Waals surface area contributed by atoms with Gasteiger partial charge in [-0.05, 0) is 62.9 Å². The lowest BCUT2D eigenvalue weighted by Crippen LogP contribution is -2.27. The molecule has 0 aliphatic carbocycles. The number of nitrogens with one attached hydrogen (secondary N) is 1. The van der Waals surface area contributed by atoms with E-state index in [4.69, 9.17) is 0 Å². The lowest BCUT2D eigenvalue weighted by Gasteiger charge is -2.09. The minimum absolute atomic E-state index is 0.0150. The van der Waals surface area contributed by atoms with Crippen LogP contribution in [0.4, 0.5) is 0 Å². The third-order valence-corrected chi connectivity index (χ3v) is 5.92. The molecular formula is C20H26N6OS. The van der Waals surface area contributed by atoms with Gasteiger partial charge in [-0.15, -0.1) is 10.2 Å². The zero-order chi connectivity index (χ0) is 20.3. The van der Waals surface area contributed by atoms with Crippen LogP contribution < -0.4 is 5.32 Å². The number of aryl methyl sites for hydroxylation is 4. The number of hydrogen-bond donors (Lipinski definition) is 1. The fourth-order valence-corrected chi connectivity index (χ4v) is 3.82. The monoisotopic (exact) mass is 398 g/mol. The summed E-state index contributed by atoms with van der Waals surface area (Å²) in [6, 6.07) is 6.21. The lowest BCUT2D eigenvalue weighted by atomic mass is 10.1. The van der Waals surface area contributed by atoms with Crippen LogP contribution in [-0.2, 0) is 18.3 Å². The topological polar surface area (TPSA) is 77.6 Å². The molecule has 1 aromatic carbocycles. The molecule has 0 unspecified atom stereocenters. The minimum atomic E-state index is -0.0150. The molecule has 3 rings (SSSR count). The third-order valence-electron chi connectivity index (χ3n) is 4.97. The highest BCUT2D eigenvalue weighted by molar-refractivity contribution is 7.99. The SMILES string of the molecule is Cc1ccc(-n2cnnc2SCC(=O)NCCc2c(C)nn(C)c2C)cc1C. The highest BCUT2D eigenvalue weighted by Gasteiger charge is 2.12. The van der Waals surface area contributed by atoms with Gasteiger partial charge in [-0.25, -0.2) is 0 Å². The molecule has 0 spiro atoms. The predicted molar refractivity (Wildman–Crippen MR) is 111 cm³/mol. The summed E-state index contributed by atoms with van der Waals surface area (Å²) in [5.41, 5.74) is 6.81. The first-order chi connectivity index (χ1) is 13.4. The first kappa shape index (κ1) is 20.1. The summed E-state index contributed by atoms with van der Waals surface area (Å²) in [5.74, 6) is 0.285. The van der Waals surface area contributed by atoms with Crippen molar-refractivity contribution in [1.82, 2.24) is 29.9 Å². The van der Waals surface area contributed by atoms with Gasteiger partial charge in [0.1, 0.15) is 6.33 Å². The Morgan fingerprint density at radius 2 is 1.96 bits per heavy atom. The molecule has 28 heavy (non-hydrogen) atoms. The van der Waals surface area contributed by atoms with Crippen molar-refractivity contribution in [3.8, 4) is 5.69 Å². The Morgan fingerprint density at radius 1 is 1.18 bits per heavy atom. The number of nitrogens with zero attached hydrogens (tertiary/aromatic N) is 5. The van der Waals surface area contributed by atoms with Crippen molar-refractivity contribution in [3.05, 3.63) is 52.6 Å². The molecular weight excluding hydrogens is 372 g/mol. The van der Waals surface area contributed by atoms with Crippen LogP contribution in [0.15, 0.2) is 29.7 Å². The molecule has 7 nitrogen and oxygen atoms in total. The van der Waals surface area contributed by atoms with Gasteiger partial charge in [0.25, 0.3) is 0 Å². The number of hydrogen-bond acceptors (Lipinski definition) is 5. The molecule has 2 heterocycles.